The zero-order chi connectivity index (χ0) is 15.1. The molecule has 0 bridgehead atoms. The highest BCUT2D eigenvalue weighted by atomic mass is 16.5. The number of hydrogen-bond acceptors (Lipinski definition) is 7. The largest absolute Gasteiger partial charge is 0.464 e. The Morgan fingerprint density at radius 3 is 2.57 bits per heavy atom. The fraction of sp³-hybridized carbons (Fsp3) is 0.429. The summed E-state index contributed by atoms with van der Waals surface area (Å²) < 4.78 is 10.9. The number of nitrogens with zero attached hydrogens (tertiary/aromatic N) is 4. The van der Waals surface area contributed by atoms with Crippen molar-refractivity contribution in [2.24, 2.45) is 0 Å². The number of nitrogens with one attached hydrogen (secondary N) is 1. The summed E-state index contributed by atoms with van der Waals surface area (Å²) in [4.78, 5) is 16.7. The van der Waals surface area contributed by atoms with E-state index in [2.05, 4.69) is 32.2 Å². The van der Waals surface area contributed by atoms with Crippen LogP contribution in [-0.4, -0.2) is 33.1 Å². The van der Waals surface area contributed by atoms with Crippen LogP contribution < -0.4 is 14.8 Å². The van der Waals surface area contributed by atoms with Crippen molar-refractivity contribution in [1.29, 1.82) is 0 Å². The highest BCUT2D eigenvalue weighted by Crippen LogP contribution is 2.20. The van der Waals surface area contributed by atoms with Crippen molar-refractivity contribution in [2.75, 3.05) is 18.5 Å². The normalized spacial score (nSPS) is 10.2. The fourth-order valence-electron chi connectivity index (χ4n) is 1.51. The molecular formula is C14H19N5O2. The number of ether oxygens (including phenoxy) is 2. The van der Waals surface area contributed by atoms with Gasteiger partial charge in [0.05, 0.1) is 12.8 Å². The molecule has 0 aromatic carbocycles. The minimum Gasteiger partial charge on any atom is -0.464 e. The lowest BCUT2D eigenvalue weighted by Crippen LogP contribution is -2.08. The molecule has 0 fully saturated rings. The lowest BCUT2D eigenvalue weighted by molar-refractivity contribution is 0.303. The minimum atomic E-state index is 0.178. The zero-order valence-electron chi connectivity index (χ0n) is 12.5. The predicted molar refractivity (Wildman–Crippen MR) is 78.8 cm³/mol. The Bertz CT molecular complexity index is 574. The van der Waals surface area contributed by atoms with Crippen molar-refractivity contribution < 1.29 is 9.47 Å². The van der Waals surface area contributed by atoms with Gasteiger partial charge in [0, 0.05) is 12.2 Å². The molecule has 0 saturated heterocycles. The Balaban J connectivity index is 2.19. The molecule has 0 saturated carbocycles. The van der Waals surface area contributed by atoms with Crippen molar-refractivity contribution in [3.63, 3.8) is 0 Å². The molecule has 0 spiro atoms. The molecule has 2 aromatic heterocycles. The second kappa shape index (κ2) is 7.37. The summed E-state index contributed by atoms with van der Waals surface area (Å²) in [6.07, 6.45) is 2.59. The Hall–Kier alpha value is -2.44. The molecule has 0 atom stereocenters. The number of aromatic nitrogens is 4. The first-order valence-corrected chi connectivity index (χ1v) is 6.94. The molecule has 0 aliphatic heterocycles. The molecule has 0 aliphatic carbocycles. The van der Waals surface area contributed by atoms with Gasteiger partial charge in [-0.25, -0.2) is 0 Å². The lowest BCUT2D eigenvalue weighted by atomic mass is 10.4. The van der Waals surface area contributed by atoms with Crippen LogP contribution in [0.2, 0.25) is 0 Å². The van der Waals surface area contributed by atoms with E-state index >= 15 is 0 Å². The first kappa shape index (κ1) is 15.0. The van der Waals surface area contributed by atoms with Crippen LogP contribution in [0.5, 0.6) is 17.8 Å². The molecule has 7 nitrogen and oxygen atoms in total. The van der Waals surface area contributed by atoms with Gasteiger partial charge >= 0.3 is 12.0 Å². The van der Waals surface area contributed by atoms with Crippen molar-refractivity contribution in [3.8, 4) is 17.8 Å². The summed E-state index contributed by atoms with van der Waals surface area (Å²) >= 11 is 0. The molecule has 2 heterocycles. The highest BCUT2D eigenvalue weighted by molar-refractivity contribution is 5.29. The third kappa shape index (κ3) is 4.55. The second-order valence-corrected chi connectivity index (χ2v) is 4.32. The van der Waals surface area contributed by atoms with Gasteiger partial charge in [0.25, 0.3) is 0 Å². The number of hydrogen-bond donors (Lipinski definition) is 1. The maximum Gasteiger partial charge on any atom is 0.330 e. The lowest BCUT2D eigenvalue weighted by Gasteiger charge is -2.09. The van der Waals surface area contributed by atoms with Gasteiger partial charge in [0.1, 0.15) is 5.75 Å². The van der Waals surface area contributed by atoms with E-state index in [4.69, 9.17) is 9.47 Å². The Kier molecular flexibility index (Phi) is 5.25. The first-order chi connectivity index (χ1) is 10.2. The van der Waals surface area contributed by atoms with Gasteiger partial charge in [0.15, 0.2) is 0 Å². The van der Waals surface area contributed by atoms with Crippen LogP contribution in [0, 0.1) is 6.92 Å². The molecule has 2 aromatic rings. The summed E-state index contributed by atoms with van der Waals surface area (Å²) in [5.74, 6) is 1.00. The SMILES string of the molecule is CCCNc1nc(OCC)nc(Oc2ccc(C)nc2)n1. The maximum atomic E-state index is 5.60. The van der Waals surface area contributed by atoms with E-state index in [0.29, 0.717) is 18.3 Å². The van der Waals surface area contributed by atoms with E-state index in [1.807, 2.05) is 26.0 Å². The molecule has 0 amide bonds. The zero-order valence-corrected chi connectivity index (χ0v) is 12.5. The average molecular weight is 289 g/mol. The minimum absolute atomic E-state index is 0.178. The van der Waals surface area contributed by atoms with Crippen LogP contribution in [0.15, 0.2) is 18.3 Å². The van der Waals surface area contributed by atoms with Gasteiger partial charge < -0.3 is 14.8 Å². The third-order valence-corrected chi connectivity index (χ3v) is 2.49. The summed E-state index contributed by atoms with van der Waals surface area (Å²) in [6.45, 7) is 7.08. The monoisotopic (exact) mass is 289 g/mol. The molecule has 112 valence electrons. The molecule has 7 heteroatoms. The Morgan fingerprint density at radius 1 is 1.10 bits per heavy atom. The molecule has 0 aliphatic rings. The van der Waals surface area contributed by atoms with E-state index in [-0.39, 0.29) is 12.0 Å². The Labute approximate surface area is 123 Å². The third-order valence-electron chi connectivity index (χ3n) is 2.49. The number of aryl methyl sites for hydroxylation is 1. The molecule has 0 unspecified atom stereocenters. The van der Waals surface area contributed by atoms with Crippen LogP contribution in [0.3, 0.4) is 0 Å². The predicted octanol–water partition coefficient (Wildman–Crippen LogP) is 2.59. The van der Waals surface area contributed by atoms with Gasteiger partial charge in [-0.05, 0) is 32.4 Å². The van der Waals surface area contributed by atoms with Crippen molar-refractivity contribution in [3.05, 3.63) is 24.0 Å². The molecule has 2 rings (SSSR count). The van der Waals surface area contributed by atoms with E-state index in [1.54, 1.807) is 6.20 Å². The van der Waals surface area contributed by atoms with E-state index in [9.17, 15) is 0 Å². The summed E-state index contributed by atoms with van der Waals surface area (Å²) in [6, 6.07) is 4.08. The fourth-order valence-corrected chi connectivity index (χ4v) is 1.51. The van der Waals surface area contributed by atoms with Crippen molar-refractivity contribution in [2.45, 2.75) is 27.2 Å². The van der Waals surface area contributed by atoms with Crippen LogP contribution >= 0.6 is 0 Å². The average Bonchev–Trinajstić information content (AvgIpc) is 2.48. The van der Waals surface area contributed by atoms with Gasteiger partial charge in [-0.15, -0.1) is 4.98 Å². The van der Waals surface area contributed by atoms with Gasteiger partial charge in [0.2, 0.25) is 5.95 Å². The number of pyridine rings is 1. The maximum absolute atomic E-state index is 5.60. The van der Waals surface area contributed by atoms with Crippen LogP contribution in [0.4, 0.5) is 5.95 Å². The first-order valence-electron chi connectivity index (χ1n) is 6.94. The summed E-state index contributed by atoms with van der Waals surface area (Å²) in [7, 11) is 0. The van der Waals surface area contributed by atoms with Crippen LogP contribution in [0.1, 0.15) is 26.0 Å². The molecule has 1 N–H and O–H groups in total. The standard InChI is InChI=1S/C14H19N5O2/c1-4-8-15-12-17-13(20-5-2)19-14(18-12)21-11-7-6-10(3)16-9-11/h6-7,9H,4-5,8H2,1-3H3,(H,15,17,18,19). The summed E-state index contributed by atoms with van der Waals surface area (Å²) in [5.41, 5.74) is 0.915. The van der Waals surface area contributed by atoms with Gasteiger partial charge in [-0.2, -0.15) is 9.97 Å². The number of rotatable bonds is 7. The van der Waals surface area contributed by atoms with Gasteiger partial charge in [-0.3, -0.25) is 4.98 Å². The van der Waals surface area contributed by atoms with Crippen molar-refractivity contribution in [1.82, 2.24) is 19.9 Å². The molecule has 21 heavy (non-hydrogen) atoms. The summed E-state index contributed by atoms with van der Waals surface area (Å²) in [5, 5.41) is 3.09. The Morgan fingerprint density at radius 2 is 1.90 bits per heavy atom. The highest BCUT2D eigenvalue weighted by Gasteiger charge is 2.09. The van der Waals surface area contributed by atoms with E-state index in [1.165, 1.54) is 0 Å². The second-order valence-electron chi connectivity index (χ2n) is 4.32. The quantitative estimate of drug-likeness (QED) is 0.838. The number of anilines is 1. The van der Waals surface area contributed by atoms with Crippen LogP contribution in [-0.2, 0) is 0 Å². The van der Waals surface area contributed by atoms with Gasteiger partial charge in [-0.1, -0.05) is 6.92 Å². The smallest absolute Gasteiger partial charge is 0.330 e. The van der Waals surface area contributed by atoms with E-state index in [0.717, 1.165) is 18.7 Å². The van der Waals surface area contributed by atoms with Crippen LogP contribution in [0.25, 0.3) is 0 Å². The topological polar surface area (TPSA) is 82.1 Å². The molecular weight excluding hydrogens is 270 g/mol. The van der Waals surface area contributed by atoms with E-state index < -0.39 is 0 Å². The van der Waals surface area contributed by atoms with Crippen molar-refractivity contribution >= 4 is 5.95 Å². The molecule has 0 radical (unpaired) electrons.